The predicted molar refractivity (Wildman–Crippen MR) is 124 cm³/mol. The SMILES string of the molecule is COC(=O)c1ccc(Oc2ccc(Cl)c([C@H](C)[C@](O)(c3ccc(=O)n(C)c3)C(F)(F)F)c2)cc1Cl. The van der Waals surface area contributed by atoms with Crippen LogP contribution in [0, 0.1) is 0 Å². The molecule has 1 aromatic heterocycles. The lowest BCUT2D eigenvalue weighted by Crippen LogP contribution is -2.47. The first-order valence-electron chi connectivity index (χ1n) is 10.1. The van der Waals surface area contributed by atoms with Crippen LogP contribution in [0.2, 0.25) is 10.0 Å². The van der Waals surface area contributed by atoms with Crippen molar-refractivity contribution in [3.05, 3.63) is 91.8 Å². The van der Waals surface area contributed by atoms with E-state index in [0.29, 0.717) is 0 Å². The zero-order valence-electron chi connectivity index (χ0n) is 18.7. The van der Waals surface area contributed by atoms with Crippen molar-refractivity contribution >= 4 is 29.2 Å². The van der Waals surface area contributed by atoms with E-state index in [1.165, 1.54) is 57.5 Å². The quantitative estimate of drug-likeness (QED) is 0.407. The van der Waals surface area contributed by atoms with Crippen LogP contribution in [0.3, 0.4) is 0 Å². The summed E-state index contributed by atoms with van der Waals surface area (Å²) in [5, 5.41) is 11.0. The number of nitrogens with zero attached hydrogens (tertiary/aromatic N) is 1. The molecule has 0 saturated heterocycles. The van der Waals surface area contributed by atoms with Crippen LogP contribution >= 0.6 is 23.2 Å². The van der Waals surface area contributed by atoms with E-state index in [-0.39, 0.29) is 32.7 Å². The number of halogens is 5. The van der Waals surface area contributed by atoms with E-state index in [4.69, 9.17) is 27.9 Å². The predicted octanol–water partition coefficient (Wildman–Crippen LogP) is 5.82. The maximum Gasteiger partial charge on any atom is 0.422 e. The molecule has 0 aliphatic rings. The first-order chi connectivity index (χ1) is 16.3. The second kappa shape index (κ2) is 9.93. The van der Waals surface area contributed by atoms with Gasteiger partial charge in [-0.3, -0.25) is 4.79 Å². The van der Waals surface area contributed by atoms with Gasteiger partial charge in [0.25, 0.3) is 0 Å². The maximum atomic E-state index is 14.3. The van der Waals surface area contributed by atoms with E-state index >= 15 is 0 Å². The van der Waals surface area contributed by atoms with Gasteiger partial charge < -0.3 is 19.1 Å². The molecule has 0 fully saturated rings. The number of esters is 1. The number of alkyl halides is 3. The van der Waals surface area contributed by atoms with Crippen LogP contribution in [-0.2, 0) is 17.4 Å². The molecule has 186 valence electrons. The minimum absolute atomic E-state index is 0.0311. The van der Waals surface area contributed by atoms with E-state index < -0.39 is 34.8 Å². The molecule has 0 radical (unpaired) electrons. The lowest BCUT2D eigenvalue weighted by molar-refractivity contribution is -0.274. The van der Waals surface area contributed by atoms with Crippen molar-refractivity contribution in [2.45, 2.75) is 24.6 Å². The smallest absolute Gasteiger partial charge is 0.422 e. The Morgan fingerprint density at radius 3 is 2.23 bits per heavy atom. The summed E-state index contributed by atoms with van der Waals surface area (Å²) in [6, 6.07) is 10.1. The Morgan fingerprint density at radius 1 is 1.03 bits per heavy atom. The van der Waals surface area contributed by atoms with Crippen molar-refractivity contribution in [1.82, 2.24) is 4.57 Å². The molecule has 11 heteroatoms. The molecule has 2 aromatic carbocycles. The van der Waals surface area contributed by atoms with Crippen molar-refractivity contribution in [2.24, 2.45) is 7.05 Å². The molecular weight excluding hydrogens is 510 g/mol. The van der Waals surface area contributed by atoms with Crippen molar-refractivity contribution in [3.63, 3.8) is 0 Å². The number of pyridine rings is 1. The Morgan fingerprint density at radius 2 is 1.66 bits per heavy atom. The van der Waals surface area contributed by atoms with Crippen LogP contribution in [-0.4, -0.2) is 28.9 Å². The standard InChI is InChI=1S/C24H20Cl2F3NO5/c1-13(23(33,24(27,28)29)14-4-9-21(31)30(2)12-14)18-10-15(6-8-19(18)25)35-16-5-7-17(20(26)11-16)22(32)34-3/h4-13,33H,1-3H3/t13-,23-/m0/s1. The third-order valence-electron chi connectivity index (χ3n) is 5.60. The van der Waals surface area contributed by atoms with Gasteiger partial charge in [0.1, 0.15) is 11.5 Å². The third kappa shape index (κ3) is 5.17. The number of benzene rings is 2. The van der Waals surface area contributed by atoms with Gasteiger partial charge in [0.05, 0.1) is 17.7 Å². The summed E-state index contributed by atoms with van der Waals surface area (Å²) in [6.45, 7) is 1.17. The largest absolute Gasteiger partial charge is 0.465 e. The molecule has 0 spiro atoms. The van der Waals surface area contributed by atoms with Crippen LogP contribution < -0.4 is 10.3 Å². The number of carbonyl (C=O) groups is 1. The van der Waals surface area contributed by atoms with E-state index in [1.807, 2.05) is 0 Å². The summed E-state index contributed by atoms with van der Waals surface area (Å²) >= 11 is 12.3. The molecule has 6 nitrogen and oxygen atoms in total. The number of aromatic nitrogens is 1. The second-order valence-electron chi connectivity index (χ2n) is 7.77. The summed E-state index contributed by atoms with van der Waals surface area (Å²) in [6.07, 6.45) is -4.17. The monoisotopic (exact) mass is 529 g/mol. The number of hydrogen-bond donors (Lipinski definition) is 1. The van der Waals surface area contributed by atoms with Gasteiger partial charge in [0, 0.05) is 41.9 Å². The molecule has 35 heavy (non-hydrogen) atoms. The molecule has 1 N–H and O–H groups in total. The molecule has 0 aliphatic carbocycles. The zero-order valence-corrected chi connectivity index (χ0v) is 20.2. The molecule has 0 aliphatic heterocycles. The average molecular weight is 530 g/mol. The van der Waals surface area contributed by atoms with Crippen LogP contribution in [0.4, 0.5) is 13.2 Å². The Labute approximate surface area is 208 Å². The summed E-state index contributed by atoms with van der Waals surface area (Å²) in [7, 11) is 2.49. The number of aliphatic hydroxyl groups is 1. The van der Waals surface area contributed by atoms with Crippen LogP contribution in [0.5, 0.6) is 11.5 Å². The Hall–Kier alpha value is -3.01. The molecule has 1 heterocycles. The van der Waals surface area contributed by atoms with Gasteiger partial charge in [-0.1, -0.05) is 30.1 Å². The number of ether oxygens (including phenoxy) is 2. The molecular formula is C24H20Cl2F3NO5. The molecule has 3 aromatic rings. The van der Waals surface area contributed by atoms with Gasteiger partial charge in [-0.15, -0.1) is 0 Å². The number of methoxy groups -OCH3 is 1. The van der Waals surface area contributed by atoms with E-state index in [0.717, 1.165) is 22.9 Å². The normalized spacial score (nSPS) is 14.2. The topological polar surface area (TPSA) is 77.8 Å². The average Bonchev–Trinajstić information content (AvgIpc) is 2.80. The summed E-state index contributed by atoms with van der Waals surface area (Å²) < 4.78 is 54.0. The molecule has 0 saturated carbocycles. The Balaban J connectivity index is 2.03. The van der Waals surface area contributed by atoms with Gasteiger partial charge in [-0.05, 0) is 42.0 Å². The third-order valence-corrected chi connectivity index (χ3v) is 6.26. The first kappa shape index (κ1) is 26.6. The van der Waals surface area contributed by atoms with Crippen molar-refractivity contribution in [1.29, 1.82) is 0 Å². The molecule has 3 rings (SSSR count). The molecule has 2 atom stereocenters. The van der Waals surface area contributed by atoms with Crippen molar-refractivity contribution in [3.8, 4) is 11.5 Å². The first-order valence-corrected chi connectivity index (χ1v) is 10.9. The Kier molecular flexibility index (Phi) is 7.54. The molecule has 0 bridgehead atoms. The van der Waals surface area contributed by atoms with Gasteiger partial charge in [-0.2, -0.15) is 13.2 Å². The van der Waals surface area contributed by atoms with E-state index in [9.17, 15) is 27.9 Å². The minimum Gasteiger partial charge on any atom is -0.465 e. The van der Waals surface area contributed by atoms with E-state index in [2.05, 4.69) is 4.74 Å². The fourth-order valence-corrected chi connectivity index (χ4v) is 4.12. The fourth-order valence-electron chi connectivity index (χ4n) is 3.59. The molecule has 0 unspecified atom stereocenters. The van der Waals surface area contributed by atoms with Gasteiger partial charge in [-0.25, -0.2) is 4.79 Å². The fraction of sp³-hybridized carbons (Fsp3) is 0.250. The lowest BCUT2D eigenvalue weighted by Gasteiger charge is -2.37. The van der Waals surface area contributed by atoms with Crippen LogP contribution in [0.15, 0.2) is 59.5 Å². The zero-order chi connectivity index (χ0) is 26.1. The number of aryl methyl sites for hydroxylation is 1. The van der Waals surface area contributed by atoms with Crippen molar-refractivity contribution < 1.29 is 32.5 Å². The highest BCUT2D eigenvalue weighted by atomic mass is 35.5. The second-order valence-corrected chi connectivity index (χ2v) is 8.59. The summed E-state index contributed by atoms with van der Waals surface area (Å²) in [5.41, 5.74) is -4.36. The van der Waals surface area contributed by atoms with Gasteiger partial charge >= 0.3 is 12.1 Å². The molecule has 0 amide bonds. The summed E-state index contributed by atoms with van der Waals surface area (Å²) in [5.74, 6) is -1.92. The highest BCUT2D eigenvalue weighted by molar-refractivity contribution is 6.33. The number of hydrogen-bond acceptors (Lipinski definition) is 5. The maximum absolute atomic E-state index is 14.3. The number of rotatable bonds is 6. The van der Waals surface area contributed by atoms with E-state index in [1.54, 1.807) is 0 Å². The van der Waals surface area contributed by atoms with Crippen LogP contribution in [0.25, 0.3) is 0 Å². The lowest BCUT2D eigenvalue weighted by atomic mass is 9.78. The van der Waals surface area contributed by atoms with Gasteiger partial charge in [0.15, 0.2) is 5.60 Å². The Bertz CT molecular complexity index is 1330. The number of carbonyl (C=O) groups excluding carboxylic acids is 1. The van der Waals surface area contributed by atoms with Crippen LogP contribution in [0.1, 0.15) is 34.3 Å². The van der Waals surface area contributed by atoms with Crippen molar-refractivity contribution in [2.75, 3.05) is 7.11 Å². The minimum atomic E-state index is -5.11. The highest BCUT2D eigenvalue weighted by Gasteiger charge is 2.59. The van der Waals surface area contributed by atoms with Gasteiger partial charge in [0.2, 0.25) is 5.56 Å². The highest BCUT2D eigenvalue weighted by Crippen LogP contribution is 2.50. The summed E-state index contributed by atoms with van der Waals surface area (Å²) in [4.78, 5) is 23.4.